The Labute approximate surface area is 109 Å². The van der Waals surface area contributed by atoms with E-state index in [4.69, 9.17) is 16.3 Å². The Balaban J connectivity index is 2.42. The zero-order valence-electron chi connectivity index (χ0n) is 10.7. The van der Waals surface area contributed by atoms with E-state index in [0.29, 0.717) is 12.6 Å². The van der Waals surface area contributed by atoms with Gasteiger partial charge in [0.25, 0.3) is 0 Å². The molecule has 1 N–H and O–H groups in total. The fourth-order valence-corrected chi connectivity index (χ4v) is 1.58. The monoisotopic (exact) mass is 253 g/mol. The van der Waals surface area contributed by atoms with Gasteiger partial charge in [0.1, 0.15) is 12.4 Å². The number of aryl methyl sites for hydroxylation is 1. The molecule has 0 amide bonds. The zero-order valence-corrected chi connectivity index (χ0v) is 11.5. The van der Waals surface area contributed by atoms with E-state index in [1.54, 1.807) is 0 Å². The summed E-state index contributed by atoms with van der Waals surface area (Å²) < 4.78 is 5.69. The van der Waals surface area contributed by atoms with E-state index in [-0.39, 0.29) is 0 Å². The van der Waals surface area contributed by atoms with Crippen LogP contribution in [-0.4, -0.2) is 19.2 Å². The Hall–Kier alpha value is -0.990. The molecular formula is C14H20ClNO. The van der Waals surface area contributed by atoms with E-state index < -0.39 is 0 Å². The molecule has 0 heterocycles. The molecule has 3 heteroatoms. The molecule has 0 unspecified atom stereocenters. The van der Waals surface area contributed by atoms with E-state index in [9.17, 15) is 0 Å². The van der Waals surface area contributed by atoms with Crippen LogP contribution in [0.5, 0.6) is 5.75 Å². The molecular weight excluding hydrogens is 234 g/mol. The fourth-order valence-electron chi connectivity index (χ4n) is 1.35. The molecule has 0 saturated carbocycles. The first-order valence-corrected chi connectivity index (χ1v) is 6.16. The van der Waals surface area contributed by atoms with E-state index in [2.05, 4.69) is 25.7 Å². The maximum Gasteiger partial charge on any atom is 0.122 e. The molecule has 0 saturated heterocycles. The molecule has 1 aromatic carbocycles. The summed E-state index contributed by atoms with van der Waals surface area (Å²) >= 11 is 5.88. The van der Waals surface area contributed by atoms with Gasteiger partial charge in [0.15, 0.2) is 0 Å². The molecule has 0 aliphatic carbocycles. The molecule has 17 heavy (non-hydrogen) atoms. The van der Waals surface area contributed by atoms with Crippen LogP contribution in [0.15, 0.2) is 30.4 Å². The molecule has 0 aromatic heterocycles. The number of rotatable bonds is 6. The molecule has 1 aromatic rings. The van der Waals surface area contributed by atoms with Crippen molar-refractivity contribution >= 4 is 11.6 Å². The maximum atomic E-state index is 5.88. The molecule has 0 aliphatic rings. The number of ether oxygens (including phenoxy) is 1. The van der Waals surface area contributed by atoms with Gasteiger partial charge in [-0.15, -0.1) is 0 Å². The van der Waals surface area contributed by atoms with Crippen LogP contribution in [0.2, 0.25) is 5.02 Å². The SMILES string of the molecule is C=C(CNC(C)C)COc1ccc(Cl)cc1C. The van der Waals surface area contributed by atoms with Crippen LogP contribution in [0.3, 0.4) is 0 Å². The van der Waals surface area contributed by atoms with Gasteiger partial charge in [0, 0.05) is 17.6 Å². The van der Waals surface area contributed by atoms with E-state index in [1.807, 2.05) is 25.1 Å². The van der Waals surface area contributed by atoms with Gasteiger partial charge in [-0.05, 0) is 36.3 Å². The lowest BCUT2D eigenvalue weighted by atomic mass is 10.2. The van der Waals surface area contributed by atoms with Crippen molar-refractivity contribution in [1.82, 2.24) is 5.32 Å². The minimum atomic E-state index is 0.462. The second kappa shape index (κ2) is 6.67. The van der Waals surface area contributed by atoms with Crippen molar-refractivity contribution in [2.75, 3.05) is 13.2 Å². The molecule has 0 bridgehead atoms. The zero-order chi connectivity index (χ0) is 12.8. The number of benzene rings is 1. The van der Waals surface area contributed by atoms with Crippen molar-refractivity contribution < 1.29 is 4.74 Å². The van der Waals surface area contributed by atoms with Crippen LogP contribution in [0.4, 0.5) is 0 Å². The van der Waals surface area contributed by atoms with Crippen molar-refractivity contribution in [3.05, 3.63) is 40.9 Å². The normalized spacial score (nSPS) is 10.6. The second-order valence-electron chi connectivity index (χ2n) is 4.48. The van der Waals surface area contributed by atoms with Crippen molar-refractivity contribution in [1.29, 1.82) is 0 Å². The van der Waals surface area contributed by atoms with Gasteiger partial charge >= 0.3 is 0 Å². The summed E-state index contributed by atoms with van der Waals surface area (Å²) in [6.07, 6.45) is 0. The smallest absolute Gasteiger partial charge is 0.122 e. The lowest BCUT2D eigenvalue weighted by Gasteiger charge is -2.13. The first kappa shape index (κ1) is 14.1. The van der Waals surface area contributed by atoms with Crippen LogP contribution < -0.4 is 10.1 Å². The van der Waals surface area contributed by atoms with Crippen molar-refractivity contribution in [3.63, 3.8) is 0 Å². The van der Waals surface area contributed by atoms with Gasteiger partial charge in [-0.2, -0.15) is 0 Å². The lowest BCUT2D eigenvalue weighted by Crippen LogP contribution is -2.26. The van der Waals surface area contributed by atoms with Crippen LogP contribution >= 0.6 is 11.6 Å². The Morgan fingerprint density at radius 1 is 1.47 bits per heavy atom. The quantitative estimate of drug-likeness (QED) is 0.783. The molecule has 1 rings (SSSR count). The Morgan fingerprint density at radius 3 is 2.76 bits per heavy atom. The molecule has 94 valence electrons. The summed E-state index contributed by atoms with van der Waals surface area (Å²) in [5.41, 5.74) is 2.08. The van der Waals surface area contributed by atoms with Gasteiger partial charge in [0.05, 0.1) is 0 Å². The molecule has 0 fully saturated rings. The number of hydrogen-bond donors (Lipinski definition) is 1. The molecule has 0 atom stereocenters. The van der Waals surface area contributed by atoms with Crippen LogP contribution in [0, 0.1) is 6.92 Å². The highest BCUT2D eigenvalue weighted by molar-refractivity contribution is 6.30. The van der Waals surface area contributed by atoms with Gasteiger partial charge in [-0.25, -0.2) is 0 Å². The van der Waals surface area contributed by atoms with Gasteiger partial charge in [-0.1, -0.05) is 32.0 Å². The van der Waals surface area contributed by atoms with Crippen molar-refractivity contribution in [3.8, 4) is 5.75 Å². The van der Waals surface area contributed by atoms with Crippen molar-refractivity contribution in [2.24, 2.45) is 0 Å². The van der Waals surface area contributed by atoms with Crippen LogP contribution in [0.1, 0.15) is 19.4 Å². The van der Waals surface area contributed by atoms with E-state index in [1.165, 1.54) is 0 Å². The largest absolute Gasteiger partial charge is 0.489 e. The highest BCUT2D eigenvalue weighted by Crippen LogP contribution is 2.21. The summed E-state index contributed by atoms with van der Waals surface area (Å²) in [6, 6.07) is 6.08. The predicted molar refractivity (Wildman–Crippen MR) is 74.0 cm³/mol. The Kier molecular flexibility index (Phi) is 5.52. The molecule has 0 spiro atoms. The first-order valence-electron chi connectivity index (χ1n) is 5.78. The molecule has 0 aliphatic heterocycles. The molecule has 2 nitrogen and oxygen atoms in total. The fraction of sp³-hybridized carbons (Fsp3) is 0.429. The predicted octanol–water partition coefficient (Wildman–Crippen LogP) is 3.58. The number of nitrogens with one attached hydrogen (secondary N) is 1. The lowest BCUT2D eigenvalue weighted by molar-refractivity contribution is 0.345. The minimum Gasteiger partial charge on any atom is -0.489 e. The third kappa shape index (κ3) is 5.24. The summed E-state index contributed by atoms with van der Waals surface area (Å²) in [7, 11) is 0. The van der Waals surface area contributed by atoms with E-state index >= 15 is 0 Å². The number of hydrogen-bond acceptors (Lipinski definition) is 2. The highest BCUT2D eigenvalue weighted by atomic mass is 35.5. The standard InChI is InChI=1S/C14H20ClNO/c1-10(2)16-8-11(3)9-17-14-6-5-13(15)7-12(14)4/h5-7,10,16H,3,8-9H2,1-2,4H3. The summed E-state index contributed by atoms with van der Waals surface area (Å²) in [5.74, 6) is 0.861. The third-order valence-electron chi connectivity index (χ3n) is 2.33. The average Bonchev–Trinajstić information content (AvgIpc) is 2.25. The summed E-state index contributed by atoms with van der Waals surface area (Å²) in [6.45, 7) is 11.5. The topological polar surface area (TPSA) is 21.3 Å². The first-order chi connectivity index (χ1) is 7.99. The van der Waals surface area contributed by atoms with Crippen LogP contribution in [-0.2, 0) is 0 Å². The Bertz CT molecular complexity index is 388. The second-order valence-corrected chi connectivity index (χ2v) is 4.92. The van der Waals surface area contributed by atoms with E-state index in [0.717, 1.165) is 28.5 Å². The number of halogens is 1. The maximum absolute atomic E-state index is 5.88. The van der Waals surface area contributed by atoms with Gasteiger partial charge in [0.2, 0.25) is 0 Å². The minimum absolute atomic E-state index is 0.462. The molecule has 0 radical (unpaired) electrons. The highest BCUT2D eigenvalue weighted by Gasteiger charge is 2.02. The summed E-state index contributed by atoms with van der Waals surface area (Å²) in [5, 5.41) is 4.04. The third-order valence-corrected chi connectivity index (χ3v) is 2.56. The van der Waals surface area contributed by atoms with Crippen molar-refractivity contribution in [2.45, 2.75) is 26.8 Å². The van der Waals surface area contributed by atoms with Gasteiger partial charge < -0.3 is 10.1 Å². The summed E-state index contributed by atoms with van der Waals surface area (Å²) in [4.78, 5) is 0. The van der Waals surface area contributed by atoms with Crippen LogP contribution in [0.25, 0.3) is 0 Å². The Morgan fingerprint density at radius 2 is 2.18 bits per heavy atom. The average molecular weight is 254 g/mol. The van der Waals surface area contributed by atoms with Gasteiger partial charge in [-0.3, -0.25) is 0 Å².